The first-order valence-corrected chi connectivity index (χ1v) is 12.9. The summed E-state index contributed by atoms with van der Waals surface area (Å²) in [5.41, 5.74) is 6.88. The molecular weight excluding hydrogens is 472 g/mol. The van der Waals surface area contributed by atoms with Crippen LogP contribution in [0, 0.1) is 0 Å². The van der Waals surface area contributed by atoms with E-state index in [1.165, 1.54) is 5.56 Å². The first-order valence-electron chi connectivity index (χ1n) is 12.9. The Bertz CT molecular complexity index is 1580. The minimum atomic E-state index is -0.487. The molecule has 5 rings (SSSR count). The van der Waals surface area contributed by atoms with Gasteiger partial charge in [0.1, 0.15) is 17.4 Å². The third-order valence-electron chi connectivity index (χ3n) is 6.19. The van der Waals surface area contributed by atoms with Gasteiger partial charge >= 0.3 is 6.09 Å². The highest BCUT2D eigenvalue weighted by Crippen LogP contribution is 2.27. The van der Waals surface area contributed by atoms with Gasteiger partial charge in [-0.1, -0.05) is 60.7 Å². The minimum absolute atomic E-state index is 0.375. The van der Waals surface area contributed by atoms with Gasteiger partial charge in [0, 0.05) is 17.6 Å². The summed E-state index contributed by atoms with van der Waals surface area (Å²) in [4.78, 5) is 21.1. The predicted molar refractivity (Wildman–Crippen MR) is 154 cm³/mol. The second kappa shape index (κ2) is 10.9. The number of carbonyl (C=O) groups excluding carboxylic acids is 1. The molecule has 0 spiro atoms. The molecule has 0 unspecified atom stereocenters. The fourth-order valence-electron chi connectivity index (χ4n) is 4.39. The molecule has 192 valence electrons. The lowest BCUT2D eigenvalue weighted by Crippen LogP contribution is -2.33. The van der Waals surface area contributed by atoms with E-state index in [1.54, 1.807) is 0 Å². The molecule has 0 radical (unpaired) electrons. The molecule has 5 aromatic rings. The summed E-state index contributed by atoms with van der Waals surface area (Å²) < 4.78 is 7.41. The Morgan fingerprint density at radius 3 is 2.45 bits per heavy atom. The summed E-state index contributed by atoms with van der Waals surface area (Å²) in [6, 6.07) is 25.1. The quantitative estimate of drug-likeness (QED) is 0.188. The van der Waals surface area contributed by atoms with Crippen molar-refractivity contribution in [2.24, 2.45) is 0 Å². The lowest BCUT2D eigenvalue weighted by molar-refractivity contribution is 0.0527. The molecule has 0 aliphatic heterocycles. The summed E-state index contributed by atoms with van der Waals surface area (Å²) in [5.74, 6) is 0. The fourth-order valence-corrected chi connectivity index (χ4v) is 4.39. The van der Waals surface area contributed by atoms with Crippen molar-refractivity contribution in [1.29, 1.82) is 0 Å². The standard InChI is InChI=1S/C32H32N4O2/c1-32(2,3)38-31(37)33-19-7-10-24-13-16-26(17-14-24)36-22-35-29-21-34-28-18-15-25(20-27(28)30(29)36)12-11-23-8-5-4-6-9-23/h4-6,8-9,11-18,20-22H,7,10,19H2,1-3H3,(H,33,37)/b12-11+. The van der Waals surface area contributed by atoms with Crippen LogP contribution in [-0.2, 0) is 11.2 Å². The molecule has 0 fully saturated rings. The van der Waals surface area contributed by atoms with Crippen molar-refractivity contribution < 1.29 is 9.53 Å². The number of pyridine rings is 1. The molecule has 1 N–H and O–H groups in total. The summed E-state index contributed by atoms with van der Waals surface area (Å²) in [6.07, 6.45) is 9.26. The number of aryl methyl sites for hydroxylation is 1. The van der Waals surface area contributed by atoms with E-state index in [9.17, 15) is 4.79 Å². The maximum Gasteiger partial charge on any atom is 0.407 e. The SMILES string of the molecule is CC(C)(C)OC(=O)NCCCc1ccc(-n2cnc3cnc4ccc(/C=C/c5ccccc5)cc4c32)cc1. The Balaban J connectivity index is 1.33. The van der Waals surface area contributed by atoms with Gasteiger partial charge in [0.2, 0.25) is 0 Å². The van der Waals surface area contributed by atoms with Crippen LogP contribution in [0.1, 0.15) is 43.9 Å². The zero-order valence-electron chi connectivity index (χ0n) is 22.0. The van der Waals surface area contributed by atoms with Gasteiger partial charge in [-0.05, 0) is 74.6 Å². The molecule has 2 heterocycles. The first kappa shape index (κ1) is 25.2. The molecule has 0 bridgehead atoms. The molecule has 0 atom stereocenters. The number of fused-ring (bicyclic) bond motifs is 3. The lowest BCUT2D eigenvalue weighted by Gasteiger charge is -2.19. The maximum absolute atomic E-state index is 11.8. The van der Waals surface area contributed by atoms with Crippen LogP contribution in [-0.4, -0.2) is 32.8 Å². The summed E-state index contributed by atoms with van der Waals surface area (Å²) >= 11 is 0. The van der Waals surface area contributed by atoms with Crippen molar-refractivity contribution in [3.05, 3.63) is 102 Å². The van der Waals surface area contributed by atoms with E-state index in [0.29, 0.717) is 6.54 Å². The Morgan fingerprint density at radius 1 is 0.921 bits per heavy atom. The zero-order chi connectivity index (χ0) is 26.5. The maximum atomic E-state index is 11.8. The first-order chi connectivity index (χ1) is 18.4. The monoisotopic (exact) mass is 504 g/mol. The number of nitrogens with zero attached hydrogens (tertiary/aromatic N) is 3. The van der Waals surface area contributed by atoms with Crippen LogP contribution < -0.4 is 5.32 Å². The molecule has 0 saturated carbocycles. The van der Waals surface area contributed by atoms with Gasteiger partial charge in [-0.15, -0.1) is 0 Å². The van der Waals surface area contributed by atoms with Gasteiger partial charge in [0.05, 0.1) is 17.2 Å². The number of imidazole rings is 1. The topological polar surface area (TPSA) is 69.0 Å². The summed E-state index contributed by atoms with van der Waals surface area (Å²) in [5, 5.41) is 3.88. The Kier molecular flexibility index (Phi) is 7.22. The highest BCUT2D eigenvalue weighted by Gasteiger charge is 2.15. The van der Waals surface area contributed by atoms with Crippen LogP contribution in [0.3, 0.4) is 0 Å². The van der Waals surface area contributed by atoms with E-state index >= 15 is 0 Å². The second-order valence-electron chi connectivity index (χ2n) is 10.3. The molecule has 6 heteroatoms. The van der Waals surface area contributed by atoms with Crippen LogP contribution in [0.2, 0.25) is 0 Å². The number of nitrogens with one attached hydrogen (secondary N) is 1. The number of carbonyl (C=O) groups is 1. The van der Waals surface area contributed by atoms with Crippen molar-refractivity contribution in [3.8, 4) is 5.69 Å². The lowest BCUT2D eigenvalue weighted by atomic mass is 10.1. The molecular formula is C32H32N4O2. The average Bonchev–Trinajstić information content (AvgIpc) is 3.35. The van der Waals surface area contributed by atoms with E-state index in [4.69, 9.17) is 4.74 Å². The molecule has 3 aromatic carbocycles. The normalized spacial score (nSPS) is 11.9. The highest BCUT2D eigenvalue weighted by molar-refractivity contribution is 6.03. The smallest absolute Gasteiger partial charge is 0.407 e. The van der Waals surface area contributed by atoms with Gasteiger partial charge in [0.15, 0.2) is 0 Å². The number of hydrogen-bond acceptors (Lipinski definition) is 4. The predicted octanol–water partition coefficient (Wildman–Crippen LogP) is 7.20. The molecule has 0 saturated heterocycles. The van der Waals surface area contributed by atoms with Crippen LogP contribution in [0.5, 0.6) is 0 Å². The third kappa shape index (κ3) is 6.09. The van der Waals surface area contributed by atoms with Crippen LogP contribution in [0.4, 0.5) is 4.79 Å². The molecule has 38 heavy (non-hydrogen) atoms. The van der Waals surface area contributed by atoms with Crippen LogP contribution in [0.15, 0.2) is 85.3 Å². The van der Waals surface area contributed by atoms with Gasteiger partial charge < -0.3 is 10.1 Å². The van der Waals surface area contributed by atoms with Crippen molar-refractivity contribution >= 4 is 40.2 Å². The summed E-state index contributed by atoms with van der Waals surface area (Å²) in [7, 11) is 0. The van der Waals surface area contributed by atoms with Gasteiger partial charge in [-0.2, -0.15) is 0 Å². The van der Waals surface area contributed by atoms with E-state index in [2.05, 4.69) is 86.6 Å². The highest BCUT2D eigenvalue weighted by atomic mass is 16.6. The Labute approximate surface area is 223 Å². The summed E-state index contributed by atoms with van der Waals surface area (Å²) in [6.45, 7) is 6.15. The van der Waals surface area contributed by atoms with Crippen molar-refractivity contribution in [1.82, 2.24) is 19.9 Å². The zero-order valence-corrected chi connectivity index (χ0v) is 22.0. The number of amides is 1. The van der Waals surface area contributed by atoms with Gasteiger partial charge in [0.25, 0.3) is 0 Å². The molecule has 0 aliphatic carbocycles. The van der Waals surface area contributed by atoms with E-state index in [1.807, 2.05) is 51.5 Å². The van der Waals surface area contributed by atoms with Gasteiger partial charge in [-0.25, -0.2) is 9.78 Å². The van der Waals surface area contributed by atoms with E-state index < -0.39 is 5.60 Å². The van der Waals surface area contributed by atoms with Crippen LogP contribution >= 0.6 is 0 Å². The third-order valence-corrected chi connectivity index (χ3v) is 6.19. The number of hydrogen-bond donors (Lipinski definition) is 1. The van der Waals surface area contributed by atoms with Crippen molar-refractivity contribution in [2.45, 2.75) is 39.2 Å². The van der Waals surface area contributed by atoms with Crippen molar-refractivity contribution in [3.63, 3.8) is 0 Å². The fraction of sp³-hybridized carbons (Fsp3) is 0.219. The average molecular weight is 505 g/mol. The Hall–Kier alpha value is -4.45. The number of alkyl carbamates (subject to hydrolysis) is 1. The minimum Gasteiger partial charge on any atom is -0.444 e. The number of ether oxygens (including phenoxy) is 1. The molecule has 1 amide bonds. The van der Waals surface area contributed by atoms with E-state index in [0.717, 1.165) is 51.6 Å². The Morgan fingerprint density at radius 2 is 1.68 bits per heavy atom. The number of benzene rings is 3. The van der Waals surface area contributed by atoms with Crippen LogP contribution in [0.25, 0.3) is 39.8 Å². The number of aromatic nitrogens is 3. The second-order valence-corrected chi connectivity index (χ2v) is 10.3. The number of rotatable bonds is 7. The molecule has 6 nitrogen and oxygen atoms in total. The van der Waals surface area contributed by atoms with Gasteiger partial charge in [-0.3, -0.25) is 9.55 Å². The van der Waals surface area contributed by atoms with E-state index in [-0.39, 0.29) is 6.09 Å². The molecule has 2 aromatic heterocycles. The molecule has 0 aliphatic rings. The largest absolute Gasteiger partial charge is 0.444 e. The van der Waals surface area contributed by atoms with Crippen molar-refractivity contribution in [2.75, 3.05) is 6.54 Å².